The molecule has 29 heavy (non-hydrogen) atoms. The molecule has 1 heterocycles. The van der Waals surface area contributed by atoms with Crippen molar-refractivity contribution in [3.05, 3.63) is 71.0 Å². The summed E-state index contributed by atoms with van der Waals surface area (Å²) in [5.74, 6) is -0.803. The Balaban J connectivity index is 1.93. The molecule has 0 aliphatic rings. The number of carbonyl (C=O) groups excluding carboxylic acids is 2. The summed E-state index contributed by atoms with van der Waals surface area (Å²) in [6.45, 7) is 8.66. The van der Waals surface area contributed by atoms with E-state index >= 15 is 0 Å². The van der Waals surface area contributed by atoms with Crippen molar-refractivity contribution in [2.24, 2.45) is 0 Å². The highest BCUT2D eigenvalue weighted by Gasteiger charge is 2.28. The van der Waals surface area contributed by atoms with Crippen molar-refractivity contribution in [1.29, 1.82) is 0 Å². The molecule has 2 aromatic carbocycles. The fourth-order valence-electron chi connectivity index (χ4n) is 3.12. The average Bonchev–Trinajstić information content (AvgIpc) is 2.73. The highest BCUT2D eigenvalue weighted by atomic mass is 16.5. The van der Waals surface area contributed by atoms with Crippen LogP contribution in [0.15, 0.2) is 48.5 Å². The molecule has 0 fully saturated rings. The molecule has 0 N–H and O–H groups in total. The maximum atomic E-state index is 13.0. The van der Waals surface area contributed by atoms with E-state index in [0.29, 0.717) is 35.2 Å². The van der Waals surface area contributed by atoms with Gasteiger partial charge in [-0.2, -0.15) is 0 Å². The summed E-state index contributed by atoms with van der Waals surface area (Å²) in [5, 5.41) is 0. The fourth-order valence-corrected chi connectivity index (χ4v) is 3.12. The molecule has 3 rings (SSSR count). The van der Waals surface area contributed by atoms with E-state index in [1.807, 2.05) is 45.9 Å². The molecule has 0 saturated heterocycles. The van der Waals surface area contributed by atoms with Crippen LogP contribution in [0.1, 0.15) is 47.3 Å². The molecule has 1 amide bonds. The molecule has 3 aromatic rings. The van der Waals surface area contributed by atoms with Crippen molar-refractivity contribution in [2.75, 3.05) is 13.1 Å². The summed E-state index contributed by atoms with van der Waals surface area (Å²) in [7, 11) is 0. The number of carbonyl (C=O) groups is 2. The third-order valence-electron chi connectivity index (χ3n) is 4.94. The number of aromatic nitrogens is 2. The lowest BCUT2D eigenvalue weighted by atomic mass is 10.1. The highest BCUT2D eigenvalue weighted by molar-refractivity contribution is 5.95. The van der Waals surface area contributed by atoms with E-state index < -0.39 is 12.1 Å². The Morgan fingerprint density at radius 3 is 2.17 bits per heavy atom. The molecule has 1 atom stereocenters. The number of ether oxygens (including phenoxy) is 1. The van der Waals surface area contributed by atoms with Crippen LogP contribution >= 0.6 is 0 Å². The predicted molar refractivity (Wildman–Crippen MR) is 112 cm³/mol. The van der Waals surface area contributed by atoms with Gasteiger partial charge in [0, 0.05) is 18.7 Å². The molecule has 6 nitrogen and oxygen atoms in total. The predicted octanol–water partition coefficient (Wildman–Crippen LogP) is 4.01. The number of nitrogens with zero attached hydrogens (tertiary/aromatic N) is 3. The number of hydrogen-bond acceptors (Lipinski definition) is 5. The number of benzene rings is 2. The van der Waals surface area contributed by atoms with Crippen LogP contribution in [0, 0.1) is 13.8 Å². The molecule has 0 saturated carbocycles. The number of hydrogen-bond donors (Lipinski definition) is 0. The second-order valence-electron chi connectivity index (χ2n) is 6.80. The molecule has 0 aliphatic carbocycles. The molecule has 0 aliphatic heterocycles. The van der Waals surface area contributed by atoms with Crippen LogP contribution in [0.3, 0.4) is 0 Å². The molecular weight excluding hydrogens is 366 g/mol. The average molecular weight is 391 g/mol. The molecule has 0 bridgehead atoms. The van der Waals surface area contributed by atoms with Crippen molar-refractivity contribution in [3.8, 4) is 0 Å². The molecular formula is C23H25N3O3. The van der Waals surface area contributed by atoms with E-state index in [1.165, 1.54) is 0 Å². The molecule has 0 unspecified atom stereocenters. The van der Waals surface area contributed by atoms with Gasteiger partial charge in [0.25, 0.3) is 5.91 Å². The zero-order valence-corrected chi connectivity index (χ0v) is 17.2. The highest BCUT2D eigenvalue weighted by Crippen LogP contribution is 2.23. The Morgan fingerprint density at radius 1 is 0.931 bits per heavy atom. The van der Waals surface area contributed by atoms with Crippen LogP contribution in [0.5, 0.6) is 0 Å². The molecule has 0 radical (unpaired) electrons. The maximum absolute atomic E-state index is 13.0. The normalized spacial score (nSPS) is 11.9. The number of aryl methyl sites for hydroxylation is 2. The van der Waals surface area contributed by atoms with E-state index in [-0.39, 0.29) is 5.91 Å². The molecule has 1 aromatic heterocycles. The Bertz CT molecular complexity index is 1030. The number of esters is 1. The fraction of sp³-hybridized carbons (Fsp3) is 0.304. The first-order valence-corrected chi connectivity index (χ1v) is 9.74. The van der Waals surface area contributed by atoms with E-state index in [0.717, 1.165) is 11.4 Å². The number of rotatable bonds is 6. The summed E-state index contributed by atoms with van der Waals surface area (Å²) in [6.07, 6.45) is -0.995. The van der Waals surface area contributed by atoms with Crippen molar-refractivity contribution in [3.63, 3.8) is 0 Å². The molecule has 6 heteroatoms. The van der Waals surface area contributed by atoms with Gasteiger partial charge in [0.2, 0.25) is 6.10 Å². The Hall–Kier alpha value is -3.28. The molecule has 150 valence electrons. The Morgan fingerprint density at radius 2 is 1.55 bits per heavy atom. The number of amides is 1. The standard InChI is InChI=1S/C23H25N3O3/c1-5-26(6-2)22(27)21(17-10-8-7-9-11-17)29-23(28)18-12-13-19-20(14-18)25-16(4)15(3)24-19/h7-14,21H,5-6H2,1-4H3/t21-/m0/s1. The first-order valence-electron chi connectivity index (χ1n) is 9.74. The largest absolute Gasteiger partial charge is 0.444 e. The SMILES string of the molecule is CCN(CC)C(=O)[C@@H](OC(=O)c1ccc2nc(C)c(C)nc2c1)c1ccccc1. The minimum atomic E-state index is -0.995. The summed E-state index contributed by atoms with van der Waals surface area (Å²) in [4.78, 5) is 36.5. The number of fused-ring (bicyclic) bond motifs is 1. The van der Waals surface area contributed by atoms with Gasteiger partial charge in [-0.3, -0.25) is 4.79 Å². The van der Waals surface area contributed by atoms with Crippen molar-refractivity contribution in [1.82, 2.24) is 14.9 Å². The van der Waals surface area contributed by atoms with E-state index in [1.54, 1.807) is 35.2 Å². The van der Waals surface area contributed by atoms with Gasteiger partial charge in [-0.1, -0.05) is 30.3 Å². The van der Waals surface area contributed by atoms with Gasteiger partial charge in [0.1, 0.15) is 0 Å². The second kappa shape index (κ2) is 8.82. The lowest BCUT2D eigenvalue weighted by Crippen LogP contribution is -2.36. The number of likely N-dealkylation sites (N-methyl/N-ethyl adjacent to an activating group) is 1. The zero-order valence-electron chi connectivity index (χ0n) is 17.2. The summed E-state index contributed by atoms with van der Waals surface area (Å²) in [5.41, 5.74) is 3.97. The minimum absolute atomic E-state index is 0.235. The first kappa shape index (κ1) is 20.5. The van der Waals surface area contributed by atoms with Crippen LogP contribution < -0.4 is 0 Å². The topological polar surface area (TPSA) is 72.4 Å². The zero-order chi connectivity index (χ0) is 21.0. The van der Waals surface area contributed by atoms with Gasteiger partial charge in [0.15, 0.2) is 0 Å². The van der Waals surface area contributed by atoms with Crippen molar-refractivity contribution < 1.29 is 14.3 Å². The summed E-state index contributed by atoms with van der Waals surface area (Å²) in [6, 6.07) is 14.1. The monoisotopic (exact) mass is 391 g/mol. The third kappa shape index (κ3) is 4.42. The Kier molecular flexibility index (Phi) is 6.22. The van der Waals surface area contributed by atoms with E-state index in [2.05, 4.69) is 9.97 Å². The summed E-state index contributed by atoms with van der Waals surface area (Å²) < 4.78 is 5.69. The van der Waals surface area contributed by atoms with Gasteiger partial charge in [-0.05, 0) is 45.9 Å². The quantitative estimate of drug-likeness (QED) is 0.594. The van der Waals surface area contributed by atoms with Crippen LogP contribution in [-0.2, 0) is 9.53 Å². The summed E-state index contributed by atoms with van der Waals surface area (Å²) >= 11 is 0. The minimum Gasteiger partial charge on any atom is -0.444 e. The third-order valence-corrected chi connectivity index (χ3v) is 4.94. The van der Waals surface area contributed by atoms with Crippen molar-refractivity contribution in [2.45, 2.75) is 33.8 Å². The van der Waals surface area contributed by atoms with E-state index in [9.17, 15) is 9.59 Å². The van der Waals surface area contributed by atoms with Crippen LogP contribution in [0.25, 0.3) is 11.0 Å². The Labute approximate surface area is 170 Å². The van der Waals surface area contributed by atoms with Gasteiger partial charge in [-0.15, -0.1) is 0 Å². The van der Waals surface area contributed by atoms with Crippen LogP contribution in [0.2, 0.25) is 0 Å². The lowest BCUT2D eigenvalue weighted by molar-refractivity contribution is -0.140. The maximum Gasteiger partial charge on any atom is 0.339 e. The lowest BCUT2D eigenvalue weighted by Gasteiger charge is -2.25. The van der Waals surface area contributed by atoms with Crippen LogP contribution in [-0.4, -0.2) is 39.8 Å². The van der Waals surface area contributed by atoms with Gasteiger partial charge in [0.05, 0.1) is 28.0 Å². The van der Waals surface area contributed by atoms with Gasteiger partial charge >= 0.3 is 5.97 Å². The van der Waals surface area contributed by atoms with Gasteiger partial charge < -0.3 is 9.64 Å². The molecule has 0 spiro atoms. The van der Waals surface area contributed by atoms with E-state index in [4.69, 9.17) is 4.74 Å². The van der Waals surface area contributed by atoms with Gasteiger partial charge in [-0.25, -0.2) is 14.8 Å². The first-order chi connectivity index (χ1) is 13.9. The van der Waals surface area contributed by atoms with Crippen LogP contribution in [0.4, 0.5) is 0 Å². The smallest absolute Gasteiger partial charge is 0.339 e. The second-order valence-corrected chi connectivity index (χ2v) is 6.80. The van der Waals surface area contributed by atoms with Crippen molar-refractivity contribution >= 4 is 22.9 Å².